The van der Waals surface area contributed by atoms with E-state index in [0.29, 0.717) is 5.38 Å². The normalized spacial score (nSPS) is 25.6. The van der Waals surface area contributed by atoms with Crippen LogP contribution in [0.4, 0.5) is 0 Å². The third kappa shape index (κ3) is 8.48. The standard InChI is InChI=1S/C20H39Cl/c1-3-5-7-9-11-12-14-18-16-17-20(21)19(18)15-13-10-8-6-4-2/h18-20H,3-17H2,1-2H3/t18-,19+,20?/m0/s1. The van der Waals surface area contributed by atoms with E-state index in [1.54, 1.807) is 0 Å². The Hall–Kier alpha value is 0.290. The maximum atomic E-state index is 6.59. The lowest BCUT2D eigenvalue weighted by atomic mass is 9.86. The van der Waals surface area contributed by atoms with Gasteiger partial charge in [0, 0.05) is 5.38 Å². The lowest BCUT2D eigenvalue weighted by molar-refractivity contribution is 0.324. The predicted octanol–water partition coefficient (Wildman–Crippen LogP) is 7.73. The molecule has 1 aliphatic carbocycles. The molecule has 0 heterocycles. The van der Waals surface area contributed by atoms with E-state index in [1.165, 1.54) is 96.3 Å². The molecule has 0 radical (unpaired) electrons. The minimum Gasteiger partial charge on any atom is -0.123 e. The molecule has 0 aromatic carbocycles. The van der Waals surface area contributed by atoms with Gasteiger partial charge in [-0.2, -0.15) is 0 Å². The highest BCUT2D eigenvalue weighted by Crippen LogP contribution is 2.41. The molecule has 0 aromatic rings. The average molecular weight is 315 g/mol. The van der Waals surface area contributed by atoms with Crippen molar-refractivity contribution < 1.29 is 0 Å². The smallest absolute Gasteiger partial charge is 0.0367 e. The van der Waals surface area contributed by atoms with Gasteiger partial charge >= 0.3 is 0 Å². The Kier molecular flexibility index (Phi) is 11.8. The molecule has 1 heteroatoms. The fourth-order valence-corrected chi connectivity index (χ4v) is 4.50. The summed E-state index contributed by atoms with van der Waals surface area (Å²) in [5, 5.41) is 0.487. The summed E-state index contributed by atoms with van der Waals surface area (Å²) < 4.78 is 0. The average Bonchev–Trinajstić information content (AvgIpc) is 2.83. The highest BCUT2D eigenvalue weighted by atomic mass is 35.5. The summed E-state index contributed by atoms with van der Waals surface area (Å²) in [4.78, 5) is 0. The van der Waals surface area contributed by atoms with E-state index < -0.39 is 0 Å². The molecule has 1 aliphatic rings. The number of unbranched alkanes of at least 4 members (excludes halogenated alkanes) is 9. The van der Waals surface area contributed by atoms with Gasteiger partial charge in [-0.25, -0.2) is 0 Å². The molecular formula is C20H39Cl. The van der Waals surface area contributed by atoms with Crippen molar-refractivity contribution in [1.29, 1.82) is 0 Å². The van der Waals surface area contributed by atoms with Gasteiger partial charge in [0.15, 0.2) is 0 Å². The zero-order valence-electron chi connectivity index (χ0n) is 14.7. The van der Waals surface area contributed by atoms with Crippen LogP contribution in [-0.4, -0.2) is 5.38 Å². The van der Waals surface area contributed by atoms with E-state index in [4.69, 9.17) is 11.6 Å². The molecule has 0 N–H and O–H groups in total. The van der Waals surface area contributed by atoms with Gasteiger partial charge in [-0.05, 0) is 31.1 Å². The Balaban J connectivity index is 2.10. The van der Waals surface area contributed by atoms with E-state index in [9.17, 15) is 0 Å². The molecule has 1 saturated carbocycles. The second kappa shape index (κ2) is 12.8. The van der Waals surface area contributed by atoms with Gasteiger partial charge in [-0.3, -0.25) is 0 Å². The quantitative estimate of drug-likeness (QED) is 0.241. The van der Waals surface area contributed by atoms with Crippen molar-refractivity contribution in [2.75, 3.05) is 0 Å². The Bertz CT molecular complexity index is 226. The Labute approximate surface area is 139 Å². The van der Waals surface area contributed by atoms with Crippen LogP contribution in [-0.2, 0) is 0 Å². The Morgan fingerprint density at radius 2 is 1.19 bits per heavy atom. The number of alkyl halides is 1. The molecule has 0 aliphatic heterocycles. The summed E-state index contributed by atoms with van der Waals surface area (Å²) in [6.07, 6.45) is 21.2. The molecule has 3 atom stereocenters. The van der Waals surface area contributed by atoms with Gasteiger partial charge in [0.05, 0.1) is 0 Å². The summed E-state index contributed by atoms with van der Waals surface area (Å²) >= 11 is 6.59. The second-order valence-electron chi connectivity index (χ2n) is 7.28. The first-order chi connectivity index (χ1) is 10.3. The van der Waals surface area contributed by atoms with Crippen molar-refractivity contribution in [3.63, 3.8) is 0 Å². The van der Waals surface area contributed by atoms with E-state index in [1.807, 2.05) is 0 Å². The minimum absolute atomic E-state index is 0.487. The van der Waals surface area contributed by atoms with Crippen LogP contribution in [0.15, 0.2) is 0 Å². The van der Waals surface area contributed by atoms with Crippen molar-refractivity contribution in [2.24, 2.45) is 11.8 Å². The first kappa shape index (κ1) is 19.3. The summed E-state index contributed by atoms with van der Waals surface area (Å²) in [6.45, 7) is 4.59. The maximum absolute atomic E-state index is 6.59. The number of hydrogen-bond donors (Lipinski definition) is 0. The van der Waals surface area contributed by atoms with Gasteiger partial charge in [-0.15, -0.1) is 11.6 Å². The molecule has 0 bridgehead atoms. The van der Waals surface area contributed by atoms with Gasteiger partial charge in [0.25, 0.3) is 0 Å². The Morgan fingerprint density at radius 1 is 0.667 bits per heavy atom. The lowest BCUT2D eigenvalue weighted by Gasteiger charge is -2.22. The first-order valence-electron chi connectivity index (χ1n) is 9.93. The largest absolute Gasteiger partial charge is 0.123 e. The zero-order chi connectivity index (χ0) is 15.3. The third-order valence-corrected chi connectivity index (χ3v) is 5.99. The molecule has 0 nitrogen and oxygen atoms in total. The van der Waals surface area contributed by atoms with E-state index in [-0.39, 0.29) is 0 Å². The van der Waals surface area contributed by atoms with E-state index in [0.717, 1.165) is 11.8 Å². The molecule has 0 aromatic heterocycles. The molecule has 1 unspecified atom stereocenters. The summed E-state index contributed by atoms with van der Waals surface area (Å²) in [6, 6.07) is 0. The molecule has 0 spiro atoms. The minimum atomic E-state index is 0.487. The van der Waals surface area contributed by atoms with E-state index in [2.05, 4.69) is 13.8 Å². The van der Waals surface area contributed by atoms with Gasteiger partial charge in [-0.1, -0.05) is 90.9 Å². The summed E-state index contributed by atoms with van der Waals surface area (Å²) in [5.41, 5.74) is 0. The van der Waals surface area contributed by atoms with Crippen molar-refractivity contribution >= 4 is 11.6 Å². The van der Waals surface area contributed by atoms with Crippen molar-refractivity contribution in [1.82, 2.24) is 0 Å². The van der Waals surface area contributed by atoms with Crippen LogP contribution in [0.25, 0.3) is 0 Å². The molecular weight excluding hydrogens is 276 g/mol. The topological polar surface area (TPSA) is 0 Å². The molecule has 126 valence electrons. The maximum Gasteiger partial charge on any atom is 0.0367 e. The van der Waals surface area contributed by atoms with Crippen LogP contribution in [0.5, 0.6) is 0 Å². The highest BCUT2D eigenvalue weighted by molar-refractivity contribution is 6.20. The molecule has 21 heavy (non-hydrogen) atoms. The van der Waals surface area contributed by atoms with Crippen LogP contribution in [0.3, 0.4) is 0 Å². The fourth-order valence-electron chi connectivity index (χ4n) is 4.04. The summed E-state index contributed by atoms with van der Waals surface area (Å²) in [7, 11) is 0. The second-order valence-corrected chi connectivity index (χ2v) is 7.84. The fraction of sp³-hybridized carbons (Fsp3) is 1.00. The van der Waals surface area contributed by atoms with Crippen molar-refractivity contribution in [3.8, 4) is 0 Å². The monoisotopic (exact) mass is 314 g/mol. The van der Waals surface area contributed by atoms with Gasteiger partial charge in [0.1, 0.15) is 0 Å². The van der Waals surface area contributed by atoms with Gasteiger partial charge in [0.2, 0.25) is 0 Å². The van der Waals surface area contributed by atoms with Crippen molar-refractivity contribution in [3.05, 3.63) is 0 Å². The molecule has 0 amide bonds. The number of rotatable bonds is 13. The van der Waals surface area contributed by atoms with Crippen LogP contribution in [0, 0.1) is 11.8 Å². The SMILES string of the molecule is CCCCCCCC[C@H]1CCC(Cl)[C@@H]1CCCCCCC. The van der Waals surface area contributed by atoms with Crippen LogP contribution in [0.2, 0.25) is 0 Å². The molecule has 0 saturated heterocycles. The number of halogens is 1. The zero-order valence-corrected chi connectivity index (χ0v) is 15.5. The lowest BCUT2D eigenvalue weighted by Crippen LogP contribution is -2.15. The number of hydrogen-bond acceptors (Lipinski definition) is 0. The first-order valence-corrected chi connectivity index (χ1v) is 10.4. The van der Waals surface area contributed by atoms with Crippen molar-refractivity contribution in [2.45, 2.75) is 116 Å². The third-order valence-electron chi connectivity index (χ3n) is 5.45. The Morgan fingerprint density at radius 3 is 1.81 bits per heavy atom. The van der Waals surface area contributed by atoms with Gasteiger partial charge < -0.3 is 0 Å². The predicted molar refractivity (Wildman–Crippen MR) is 97.2 cm³/mol. The van der Waals surface area contributed by atoms with Crippen LogP contribution < -0.4 is 0 Å². The van der Waals surface area contributed by atoms with Crippen LogP contribution >= 0.6 is 11.6 Å². The van der Waals surface area contributed by atoms with Crippen LogP contribution in [0.1, 0.15) is 110 Å². The molecule has 1 fully saturated rings. The highest BCUT2D eigenvalue weighted by Gasteiger charge is 2.33. The molecule has 1 rings (SSSR count). The summed E-state index contributed by atoms with van der Waals surface area (Å²) in [5.74, 6) is 1.79. The van der Waals surface area contributed by atoms with E-state index >= 15 is 0 Å².